The molecule has 4 atom stereocenters. The van der Waals surface area contributed by atoms with E-state index in [9.17, 15) is 15.0 Å². The summed E-state index contributed by atoms with van der Waals surface area (Å²) in [5.41, 5.74) is -1.41. The summed E-state index contributed by atoms with van der Waals surface area (Å²) in [6, 6.07) is 0. The van der Waals surface area contributed by atoms with Gasteiger partial charge in [-0.05, 0) is 6.42 Å². The molecule has 0 aromatic carbocycles. The number of carbonyl (C=O) groups is 1. The van der Waals surface area contributed by atoms with Gasteiger partial charge >= 0.3 is 5.97 Å². The predicted octanol–water partition coefficient (Wildman–Crippen LogP) is 0.604. The number of ether oxygens (including phenoxy) is 1. The second-order valence-electron chi connectivity index (χ2n) is 4.76. The molecule has 15 heavy (non-hydrogen) atoms. The van der Waals surface area contributed by atoms with Crippen LogP contribution in [-0.4, -0.2) is 34.0 Å². The van der Waals surface area contributed by atoms with Crippen molar-refractivity contribution in [1.29, 1.82) is 0 Å². The maximum Gasteiger partial charge on any atom is 0.338 e. The number of rotatable bonds is 3. The Balaban J connectivity index is 2.07. The number of hydrogen-bond donors (Lipinski definition) is 2. The molecule has 1 heterocycles. The maximum atomic E-state index is 11.4. The molecule has 0 spiro atoms. The van der Waals surface area contributed by atoms with Crippen LogP contribution in [0.3, 0.4) is 0 Å². The minimum Gasteiger partial charge on any atom is -0.460 e. The molecule has 1 aliphatic carbocycles. The number of aliphatic hydroxyl groups is 2. The minimum absolute atomic E-state index is 0.0108. The maximum absolute atomic E-state index is 11.4. The molecule has 2 bridgehead atoms. The molecule has 0 amide bonds. The highest BCUT2D eigenvalue weighted by Gasteiger charge is 2.56. The summed E-state index contributed by atoms with van der Waals surface area (Å²) in [7, 11) is 0. The van der Waals surface area contributed by atoms with Gasteiger partial charge in [0.15, 0.2) is 5.60 Å². The second kappa shape index (κ2) is 3.76. The lowest BCUT2D eigenvalue weighted by Gasteiger charge is -2.33. The van der Waals surface area contributed by atoms with Gasteiger partial charge in [0.1, 0.15) is 6.10 Å². The second-order valence-corrected chi connectivity index (χ2v) is 4.76. The molecule has 1 unspecified atom stereocenters. The van der Waals surface area contributed by atoms with Crippen LogP contribution in [-0.2, 0) is 9.53 Å². The van der Waals surface area contributed by atoms with Crippen molar-refractivity contribution in [2.75, 3.05) is 0 Å². The first-order chi connectivity index (χ1) is 7.07. The highest BCUT2D eigenvalue weighted by molar-refractivity contribution is 5.82. The zero-order valence-electron chi connectivity index (χ0n) is 8.98. The van der Waals surface area contributed by atoms with Crippen LogP contribution >= 0.6 is 0 Å². The van der Waals surface area contributed by atoms with Crippen molar-refractivity contribution in [3.05, 3.63) is 0 Å². The van der Waals surface area contributed by atoms with Crippen molar-refractivity contribution < 1.29 is 19.7 Å². The molecule has 2 N–H and O–H groups in total. The van der Waals surface area contributed by atoms with Crippen LogP contribution in [0.1, 0.15) is 39.0 Å². The average molecular weight is 214 g/mol. The van der Waals surface area contributed by atoms with Gasteiger partial charge in [0, 0.05) is 18.8 Å². The van der Waals surface area contributed by atoms with E-state index in [0.29, 0.717) is 6.42 Å². The third kappa shape index (κ3) is 1.76. The van der Waals surface area contributed by atoms with Gasteiger partial charge in [0.25, 0.3) is 0 Å². The molecule has 1 saturated carbocycles. The Labute approximate surface area is 89.2 Å². The normalized spacial score (nSPS) is 44.2. The Morgan fingerprint density at radius 1 is 1.53 bits per heavy atom. The van der Waals surface area contributed by atoms with Crippen LogP contribution in [0.2, 0.25) is 0 Å². The number of hydrogen-bond acceptors (Lipinski definition) is 4. The number of esters is 1. The summed E-state index contributed by atoms with van der Waals surface area (Å²) in [5.74, 6) is -0.540. The fourth-order valence-corrected chi connectivity index (χ4v) is 2.67. The van der Waals surface area contributed by atoms with Gasteiger partial charge in [-0.15, -0.1) is 0 Å². The molecular weight excluding hydrogens is 196 g/mol. The fraction of sp³-hybridized carbons (Fsp3) is 0.909. The smallest absolute Gasteiger partial charge is 0.338 e. The molecule has 0 aromatic heterocycles. The lowest BCUT2D eigenvalue weighted by molar-refractivity contribution is -0.154. The standard InChI is InChI=1S/C11H18O4/c1-2-3-4-7-8(12)5-11(14)6-9(7)15-10(11)13/h7-9,12,14H,2-6H2,1H3/t7?,8-,9-,11+/m1/s1. The van der Waals surface area contributed by atoms with E-state index in [1.165, 1.54) is 0 Å². The monoisotopic (exact) mass is 214 g/mol. The number of unbranched alkanes of at least 4 members (excludes halogenated alkanes) is 1. The van der Waals surface area contributed by atoms with Gasteiger partial charge in [-0.1, -0.05) is 19.8 Å². The summed E-state index contributed by atoms with van der Waals surface area (Å²) in [4.78, 5) is 11.4. The van der Waals surface area contributed by atoms with Crippen molar-refractivity contribution in [2.24, 2.45) is 5.92 Å². The van der Waals surface area contributed by atoms with Crippen molar-refractivity contribution in [3.8, 4) is 0 Å². The summed E-state index contributed by atoms with van der Waals surface area (Å²) in [5, 5.41) is 19.7. The Hall–Kier alpha value is -0.610. The molecule has 4 heteroatoms. The Morgan fingerprint density at radius 2 is 2.27 bits per heavy atom. The average Bonchev–Trinajstić information content (AvgIpc) is 2.39. The summed E-state index contributed by atoms with van der Waals surface area (Å²) in [6.07, 6.45) is 2.56. The summed E-state index contributed by atoms with van der Waals surface area (Å²) in [6.45, 7) is 2.09. The Kier molecular flexibility index (Phi) is 2.73. The molecule has 4 nitrogen and oxygen atoms in total. The third-order valence-electron chi connectivity index (χ3n) is 3.59. The van der Waals surface area contributed by atoms with Crippen LogP contribution in [0.4, 0.5) is 0 Å². The van der Waals surface area contributed by atoms with Gasteiger partial charge < -0.3 is 14.9 Å². The molecular formula is C11H18O4. The van der Waals surface area contributed by atoms with E-state index < -0.39 is 17.7 Å². The fourth-order valence-electron chi connectivity index (χ4n) is 2.67. The highest BCUT2D eigenvalue weighted by atomic mass is 16.6. The van der Waals surface area contributed by atoms with Gasteiger partial charge in [-0.3, -0.25) is 0 Å². The van der Waals surface area contributed by atoms with Crippen molar-refractivity contribution in [3.63, 3.8) is 0 Å². The molecule has 0 radical (unpaired) electrons. The molecule has 2 rings (SSSR count). The number of aliphatic hydroxyl groups excluding tert-OH is 1. The zero-order valence-corrected chi connectivity index (χ0v) is 8.98. The third-order valence-corrected chi connectivity index (χ3v) is 3.59. The molecule has 1 saturated heterocycles. The van der Waals surface area contributed by atoms with E-state index in [1.54, 1.807) is 0 Å². The SMILES string of the molecule is CCCCC1[C@H](O)C[C@]2(O)C[C@H]1OC2=O. The number of fused-ring (bicyclic) bond motifs is 2. The first-order valence-electron chi connectivity index (χ1n) is 5.68. The predicted molar refractivity (Wildman–Crippen MR) is 53.1 cm³/mol. The Morgan fingerprint density at radius 3 is 2.93 bits per heavy atom. The van der Waals surface area contributed by atoms with E-state index in [4.69, 9.17) is 4.74 Å². The zero-order chi connectivity index (χ0) is 11.1. The Bertz CT molecular complexity index is 265. The molecule has 2 aliphatic rings. The summed E-state index contributed by atoms with van der Waals surface area (Å²) < 4.78 is 5.12. The van der Waals surface area contributed by atoms with Gasteiger partial charge in [-0.2, -0.15) is 0 Å². The van der Waals surface area contributed by atoms with E-state index in [-0.39, 0.29) is 18.4 Å². The first-order valence-corrected chi connectivity index (χ1v) is 5.68. The van der Waals surface area contributed by atoms with E-state index in [0.717, 1.165) is 19.3 Å². The minimum atomic E-state index is -1.41. The van der Waals surface area contributed by atoms with Gasteiger partial charge in [0.2, 0.25) is 0 Å². The molecule has 0 aromatic rings. The quantitative estimate of drug-likeness (QED) is 0.675. The van der Waals surface area contributed by atoms with Gasteiger partial charge in [0.05, 0.1) is 6.10 Å². The van der Waals surface area contributed by atoms with E-state index in [1.807, 2.05) is 0 Å². The molecule has 1 aliphatic heterocycles. The summed E-state index contributed by atoms with van der Waals surface area (Å²) >= 11 is 0. The first kappa shape index (κ1) is 10.9. The largest absolute Gasteiger partial charge is 0.460 e. The van der Waals surface area contributed by atoms with Crippen molar-refractivity contribution in [2.45, 2.75) is 56.8 Å². The van der Waals surface area contributed by atoms with Crippen molar-refractivity contribution in [1.82, 2.24) is 0 Å². The number of carbonyl (C=O) groups excluding carboxylic acids is 1. The van der Waals surface area contributed by atoms with Crippen molar-refractivity contribution >= 4 is 5.97 Å². The van der Waals surface area contributed by atoms with E-state index in [2.05, 4.69) is 6.92 Å². The molecule has 86 valence electrons. The molecule has 2 fully saturated rings. The lowest BCUT2D eigenvalue weighted by atomic mass is 9.75. The van der Waals surface area contributed by atoms with Crippen LogP contribution in [0.5, 0.6) is 0 Å². The highest BCUT2D eigenvalue weighted by Crippen LogP contribution is 2.42. The van der Waals surface area contributed by atoms with Gasteiger partial charge in [-0.25, -0.2) is 4.79 Å². The topological polar surface area (TPSA) is 66.8 Å². The lowest BCUT2D eigenvalue weighted by Crippen LogP contribution is -2.45. The van der Waals surface area contributed by atoms with E-state index >= 15 is 0 Å². The van der Waals surface area contributed by atoms with Crippen LogP contribution in [0.15, 0.2) is 0 Å². The van der Waals surface area contributed by atoms with Crippen LogP contribution < -0.4 is 0 Å². The van der Waals surface area contributed by atoms with Crippen LogP contribution in [0.25, 0.3) is 0 Å². The van der Waals surface area contributed by atoms with Crippen LogP contribution in [0, 0.1) is 5.92 Å².